The molecule has 0 atom stereocenters. The first-order chi connectivity index (χ1) is 17.8. The van der Waals surface area contributed by atoms with Crippen molar-refractivity contribution in [3.63, 3.8) is 0 Å². The number of benzene rings is 5. The lowest BCUT2D eigenvalue weighted by molar-refractivity contribution is 0.766. The zero-order valence-electron chi connectivity index (χ0n) is 20.5. The second-order valence-corrected chi connectivity index (χ2v) is 9.98. The van der Waals surface area contributed by atoms with Gasteiger partial charge in [0.2, 0.25) is 0 Å². The number of hydrogen-bond acceptors (Lipinski definition) is 0. The van der Waals surface area contributed by atoms with Gasteiger partial charge in [-0.2, -0.15) is 0 Å². The smallest absolute Gasteiger partial charge is 0.0651 e. The average Bonchev–Trinajstić information content (AvgIpc) is 3.16. The van der Waals surface area contributed by atoms with Crippen molar-refractivity contribution in [3.8, 4) is 11.1 Å². The fourth-order valence-corrected chi connectivity index (χ4v) is 6.58. The molecule has 0 saturated carbocycles. The van der Waals surface area contributed by atoms with Crippen LogP contribution in [0.5, 0.6) is 0 Å². The van der Waals surface area contributed by atoms with Gasteiger partial charge >= 0.3 is 0 Å². The molecule has 0 fully saturated rings. The summed E-state index contributed by atoms with van der Waals surface area (Å²) in [4.78, 5) is 0. The highest BCUT2D eigenvalue weighted by atomic mass is 14.5. The van der Waals surface area contributed by atoms with Crippen LogP contribution in [-0.2, 0) is 11.8 Å². The largest absolute Gasteiger partial charge is 0.0725 e. The molecular formula is C36H28. The fourth-order valence-electron chi connectivity index (χ4n) is 6.58. The standard InChI is InChI=1S/C36H28/c1-2-11-25-20-22-26(23-21-25)31-24-27-12-3-7-16-32(27)36(35-19-10-6-15-30(31)35)33-17-8-4-13-28(33)29-14-5-9-18-34(29)36/h3-10,12-24H,2,11H2,1H3. The van der Waals surface area contributed by atoms with E-state index in [4.69, 9.17) is 0 Å². The quantitative estimate of drug-likeness (QED) is 0.247. The maximum atomic E-state index is 2.42. The van der Waals surface area contributed by atoms with Crippen LogP contribution >= 0.6 is 0 Å². The van der Waals surface area contributed by atoms with Crippen LogP contribution < -0.4 is 0 Å². The third-order valence-corrected chi connectivity index (χ3v) is 8.04. The summed E-state index contributed by atoms with van der Waals surface area (Å²) in [6, 6.07) is 45.3. The summed E-state index contributed by atoms with van der Waals surface area (Å²) < 4.78 is 0. The van der Waals surface area contributed by atoms with Crippen molar-refractivity contribution in [2.24, 2.45) is 0 Å². The van der Waals surface area contributed by atoms with Crippen LogP contribution in [0, 0.1) is 0 Å². The summed E-state index contributed by atoms with van der Waals surface area (Å²) in [5, 5.41) is 0. The second-order valence-electron chi connectivity index (χ2n) is 9.98. The zero-order valence-corrected chi connectivity index (χ0v) is 20.5. The van der Waals surface area contributed by atoms with Crippen LogP contribution in [0.2, 0.25) is 0 Å². The van der Waals surface area contributed by atoms with E-state index in [9.17, 15) is 0 Å². The predicted molar refractivity (Wildman–Crippen MR) is 151 cm³/mol. The molecule has 0 bridgehead atoms. The second kappa shape index (κ2) is 8.21. The van der Waals surface area contributed by atoms with Crippen LogP contribution in [0.4, 0.5) is 0 Å². The highest BCUT2D eigenvalue weighted by molar-refractivity contribution is 5.99. The molecule has 36 heavy (non-hydrogen) atoms. The molecule has 172 valence electrons. The number of rotatable bonds is 3. The molecule has 0 heterocycles. The molecule has 1 spiro atoms. The Balaban J connectivity index is 1.59. The Morgan fingerprint density at radius 3 is 1.61 bits per heavy atom. The molecule has 0 unspecified atom stereocenters. The molecule has 5 aromatic rings. The molecular weight excluding hydrogens is 432 g/mol. The molecule has 0 saturated heterocycles. The van der Waals surface area contributed by atoms with Gasteiger partial charge in [0.15, 0.2) is 0 Å². The van der Waals surface area contributed by atoms with Crippen LogP contribution in [0.25, 0.3) is 22.8 Å². The zero-order chi connectivity index (χ0) is 24.1. The lowest BCUT2D eigenvalue weighted by Crippen LogP contribution is -2.30. The van der Waals surface area contributed by atoms with Gasteiger partial charge in [0.05, 0.1) is 5.41 Å². The third kappa shape index (κ3) is 2.88. The van der Waals surface area contributed by atoms with E-state index >= 15 is 0 Å². The maximum absolute atomic E-state index is 2.42. The van der Waals surface area contributed by atoms with Crippen LogP contribution in [-0.4, -0.2) is 0 Å². The summed E-state index contributed by atoms with van der Waals surface area (Å²) in [7, 11) is 0. The Hall–Kier alpha value is -4.16. The van der Waals surface area contributed by atoms with Crippen LogP contribution in [0.3, 0.4) is 0 Å². The summed E-state index contributed by atoms with van der Waals surface area (Å²) in [6.07, 6.45) is 4.70. The molecule has 2 aliphatic rings. The summed E-state index contributed by atoms with van der Waals surface area (Å²) >= 11 is 0. The minimum Gasteiger partial charge on any atom is -0.0651 e. The van der Waals surface area contributed by atoms with Gasteiger partial charge in [-0.3, -0.25) is 0 Å². The highest BCUT2D eigenvalue weighted by Crippen LogP contribution is 2.59. The molecule has 0 aliphatic heterocycles. The minimum absolute atomic E-state index is 0.360. The van der Waals surface area contributed by atoms with E-state index in [2.05, 4.69) is 134 Å². The Bertz CT molecular complexity index is 1590. The van der Waals surface area contributed by atoms with E-state index in [0.29, 0.717) is 0 Å². The first-order valence-electron chi connectivity index (χ1n) is 13.0. The molecule has 0 radical (unpaired) electrons. The fraction of sp³-hybridized carbons (Fsp3) is 0.111. The molecule has 0 heteroatoms. The van der Waals surface area contributed by atoms with Gasteiger partial charge in [-0.05, 0) is 73.7 Å². The van der Waals surface area contributed by atoms with Crippen molar-refractivity contribution in [1.29, 1.82) is 0 Å². The van der Waals surface area contributed by atoms with Gasteiger partial charge in [0.1, 0.15) is 0 Å². The molecule has 5 aromatic carbocycles. The summed E-state index contributed by atoms with van der Waals surface area (Å²) in [6.45, 7) is 2.24. The van der Waals surface area contributed by atoms with Crippen molar-refractivity contribution >= 4 is 11.6 Å². The van der Waals surface area contributed by atoms with Gasteiger partial charge in [-0.15, -0.1) is 0 Å². The maximum Gasteiger partial charge on any atom is 0.0725 e. The first kappa shape index (κ1) is 21.1. The Kier molecular flexibility index (Phi) is 4.82. The molecule has 2 aliphatic carbocycles. The summed E-state index contributed by atoms with van der Waals surface area (Å²) in [5.41, 5.74) is 14.3. The minimum atomic E-state index is -0.360. The molecule has 0 amide bonds. The van der Waals surface area contributed by atoms with E-state index in [1.165, 1.54) is 67.6 Å². The van der Waals surface area contributed by atoms with Gasteiger partial charge in [-0.25, -0.2) is 0 Å². The Morgan fingerprint density at radius 2 is 1.00 bits per heavy atom. The lowest BCUT2D eigenvalue weighted by atomic mass is 9.66. The Morgan fingerprint density at radius 1 is 0.500 bits per heavy atom. The normalized spacial score (nSPS) is 14.3. The number of hydrogen-bond donors (Lipinski definition) is 0. The monoisotopic (exact) mass is 460 g/mol. The number of aryl methyl sites for hydroxylation is 1. The summed E-state index contributed by atoms with van der Waals surface area (Å²) in [5.74, 6) is 0. The first-order valence-corrected chi connectivity index (χ1v) is 13.0. The van der Waals surface area contributed by atoms with Crippen molar-refractivity contribution in [2.45, 2.75) is 25.2 Å². The van der Waals surface area contributed by atoms with E-state index in [-0.39, 0.29) is 5.41 Å². The Labute approximate surface area is 213 Å². The van der Waals surface area contributed by atoms with Gasteiger partial charge < -0.3 is 0 Å². The lowest BCUT2D eigenvalue weighted by Gasteiger charge is -2.35. The van der Waals surface area contributed by atoms with Crippen LogP contribution in [0.1, 0.15) is 57.9 Å². The number of fused-ring (bicyclic) bond motifs is 9. The molecule has 0 aromatic heterocycles. The van der Waals surface area contributed by atoms with Crippen molar-refractivity contribution in [2.75, 3.05) is 0 Å². The molecule has 0 N–H and O–H groups in total. The van der Waals surface area contributed by atoms with Crippen LogP contribution in [0.15, 0.2) is 121 Å². The van der Waals surface area contributed by atoms with E-state index in [1.54, 1.807) is 0 Å². The predicted octanol–water partition coefficient (Wildman–Crippen LogP) is 8.90. The van der Waals surface area contributed by atoms with Crippen molar-refractivity contribution in [1.82, 2.24) is 0 Å². The van der Waals surface area contributed by atoms with Gasteiger partial charge in [0, 0.05) is 0 Å². The van der Waals surface area contributed by atoms with E-state index < -0.39 is 0 Å². The third-order valence-electron chi connectivity index (χ3n) is 8.04. The molecule has 7 rings (SSSR count). The van der Waals surface area contributed by atoms with Gasteiger partial charge in [0.25, 0.3) is 0 Å². The van der Waals surface area contributed by atoms with E-state index in [1.807, 2.05) is 0 Å². The van der Waals surface area contributed by atoms with E-state index in [0.717, 1.165) is 6.42 Å². The van der Waals surface area contributed by atoms with Crippen molar-refractivity contribution < 1.29 is 0 Å². The highest BCUT2D eigenvalue weighted by Gasteiger charge is 2.48. The molecule has 0 nitrogen and oxygen atoms in total. The topological polar surface area (TPSA) is 0 Å². The van der Waals surface area contributed by atoms with Gasteiger partial charge in [-0.1, -0.05) is 135 Å². The average molecular weight is 461 g/mol. The SMILES string of the molecule is CCCc1ccc(C2=Cc3ccccc3C3(c4ccccc42)c2ccccc2-c2ccccc23)cc1. The van der Waals surface area contributed by atoms with Crippen molar-refractivity contribution in [3.05, 3.63) is 166 Å².